The van der Waals surface area contributed by atoms with Gasteiger partial charge in [-0.2, -0.15) is 0 Å². The molecule has 18 heavy (non-hydrogen) atoms. The Morgan fingerprint density at radius 1 is 1.22 bits per heavy atom. The molecule has 1 aromatic heterocycles. The van der Waals surface area contributed by atoms with E-state index in [9.17, 15) is 0 Å². The van der Waals surface area contributed by atoms with E-state index in [1.165, 1.54) is 16.8 Å². The van der Waals surface area contributed by atoms with Crippen molar-refractivity contribution in [1.29, 1.82) is 0 Å². The maximum atomic E-state index is 4.39. The molecule has 2 heterocycles. The van der Waals surface area contributed by atoms with Crippen molar-refractivity contribution in [3.63, 3.8) is 0 Å². The van der Waals surface area contributed by atoms with Crippen LogP contribution in [0.25, 0.3) is 0 Å². The van der Waals surface area contributed by atoms with Gasteiger partial charge in [-0.25, -0.2) is 9.97 Å². The van der Waals surface area contributed by atoms with Crippen molar-refractivity contribution in [3.8, 4) is 0 Å². The summed E-state index contributed by atoms with van der Waals surface area (Å²) in [4.78, 5) is 11.0. The molecule has 0 bridgehead atoms. The van der Waals surface area contributed by atoms with E-state index in [-0.39, 0.29) is 0 Å². The van der Waals surface area contributed by atoms with Crippen LogP contribution in [-0.4, -0.2) is 16.5 Å². The highest BCUT2D eigenvalue weighted by Gasteiger charge is 2.19. The molecule has 0 unspecified atom stereocenters. The Bertz CT molecular complexity index is 566. The van der Waals surface area contributed by atoms with Crippen LogP contribution < -0.4 is 4.90 Å². The van der Waals surface area contributed by atoms with Crippen LogP contribution in [-0.2, 0) is 6.42 Å². The third kappa shape index (κ3) is 2.12. The van der Waals surface area contributed by atoms with Gasteiger partial charge >= 0.3 is 0 Å². The number of fused-ring (bicyclic) bond motifs is 1. The molecule has 0 amide bonds. The van der Waals surface area contributed by atoms with E-state index < -0.39 is 0 Å². The fourth-order valence-corrected chi connectivity index (χ4v) is 2.58. The topological polar surface area (TPSA) is 29.0 Å². The van der Waals surface area contributed by atoms with E-state index >= 15 is 0 Å². The van der Waals surface area contributed by atoms with Gasteiger partial charge in [-0.05, 0) is 47.3 Å². The molecule has 2 aromatic rings. The van der Waals surface area contributed by atoms with Crippen LogP contribution >= 0.6 is 15.9 Å². The van der Waals surface area contributed by atoms with Crippen LogP contribution in [0.1, 0.15) is 17.5 Å². The molecular weight excluding hydrogens is 290 g/mol. The molecule has 0 aliphatic carbocycles. The molecule has 1 aliphatic heterocycles. The lowest BCUT2D eigenvalue weighted by molar-refractivity contribution is 0.749. The van der Waals surface area contributed by atoms with Gasteiger partial charge in [0.25, 0.3) is 0 Å². The monoisotopic (exact) mass is 303 g/mol. The maximum Gasteiger partial charge on any atom is 0.229 e. The first-order valence-electron chi connectivity index (χ1n) is 6.08. The molecule has 1 aromatic carbocycles. The number of anilines is 2. The Balaban J connectivity index is 2.03. The highest BCUT2D eigenvalue weighted by atomic mass is 79.9. The predicted molar refractivity (Wildman–Crippen MR) is 76.2 cm³/mol. The third-order valence-corrected chi connectivity index (χ3v) is 3.61. The van der Waals surface area contributed by atoms with E-state index in [4.69, 9.17) is 0 Å². The molecule has 0 saturated carbocycles. The molecular formula is C14H14BrN3. The average Bonchev–Trinajstić information content (AvgIpc) is 2.38. The molecule has 3 rings (SSSR count). The van der Waals surface area contributed by atoms with Crippen LogP contribution in [0.5, 0.6) is 0 Å². The fourth-order valence-electron chi connectivity index (χ4n) is 2.38. The molecule has 92 valence electrons. The normalized spacial score (nSPS) is 14.4. The van der Waals surface area contributed by atoms with Gasteiger partial charge in [0, 0.05) is 24.6 Å². The van der Waals surface area contributed by atoms with Crippen molar-refractivity contribution in [2.24, 2.45) is 0 Å². The van der Waals surface area contributed by atoms with Gasteiger partial charge in [-0.3, -0.25) is 0 Å². The largest absolute Gasteiger partial charge is 0.310 e. The Kier molecular flexibility index (Phi) is 3.04. The smallest absolute Gasteiger partial charge is 0.229 e. The van der Waals surface area contributed by atoms with E-state index in [0.29, 0.717) is 0 Å². The second-order valence-corrected chi connectivity index (χ2v) is 5.50. The second-order valence-electron chi connectivity index (χ2n) is 4.59. The summed E-state index contributed by atoms with van der Waals surface area (Å²) in [7, 11) is 0. The molecule has 4 heteroatoms. The van der Waals surface area contributed by atoms with Crippen LogP contribution in [0.2, 0.25) is 0 Å². The van der Waals surface area contributed by atoms with Gasteiger partial charge in [0.2, 0.25) is 5.95 Å². The van der Waals surface area contributed by atoms with Gasteiger partial charge in [-0.1, -0.05) is 17.7 Å². The molecule has 0 spiro atoms. The van der Waals surface area contributed by atoms with Crippen molar-refractivity contribution in [1.82, 2.24) is 9.97 Å². The SMILES string of the molecule is Cc1ccc2c(c1)CCCN2c1ncc(Br)cn1. The summed E-state index contributed by atoms with van der Waals surface area (Å²) in [6.07, 6.45) is 5.88. The zero-order valence-corrected chi connectivity index (χ0v) is 11.8. The molecule has 0 fully saturated rings. The maximum absolute atomic E-state index is 4.39. The molecule has 0 atom stereocenters. The zero-order chi connectivity index (χ0) is 12.5. The number of rotatable bonds is 1. The van der Waals surface area contributed by atoms with Crippen molar-refractivity contribution >= 4 is 27.6 Å². The van der Waals surface area contributed by atoms with Crippen molar-refractivity contribution in [2.75, 3.05) is 11.4 Å². The number of halogens is 1. The van der Waals surface area contributed by atoms with Gasteiger partial charge < -0.3 is 4.90 Å². The summed E-state index contributed by atoms with van der Waals surface area (Å²) in [5.74, 6) is 0.781. The first kappa shape index (κ1) is 11.7. The highest BCUT2D eigenvalue weighted by Crippen LogP contribution is 2.32. The van der Waals surface area contributed by atoms with E-state index in [1.54, 1.807) is 12.4 Å². The lowest BCUT2D eigenvalue weighted by Crippen LogP contribution is -2.26. The number of hydrogen-bond donors (Lipinski definition) is 0. The van der Waals surface area contributed by atoms with Crippen molar-refractivity contribution < 1.29 is 0 Å². The van der Waals surface area contributed by atoms with Crippen LogP contribution in [0.15, 0.2) is 35.1 Å². The summed E-state index contributed by atoms with van der Waals surface area (Å²) in [6.45, 7) is 3.12. The number of hydrogen-bond acceptors (Lipinski definition) is 3. The van der Waals surface area contributed by atoms with Crippen molar-refractivity contribution in [2.45, 2.75) is 19.8 Å². The summed E-state index contributed by atoms with van der Waals surface area (Å²) in [5, 5.41) is 0. The van der Waals surface area contributed by atoms with E-state index in [1.807, 2.05) is 0 Å². The lowest BCUT2D eigenvalue weighted by Gasteiger charge is -2.29. The third-order valence-electron chi connectivity index (χ3n) is 3.20. The van der Waals surface area contributed by atoms with Crippen molar-refractivity contribution in [3.05, 3.63) is 46.2 Å². The molecule has 0 N–H and O–H groups in total. The minimum atomic E-state index is 0.781. The summed E-state index contributed by atoms with van der Waals surface area (Å²) in [5.41, 5.74) is 3.95. The minimum absolute atomic E-state index is 0.781. The first-order chi connectivity index (χ1) is 8.74. The average molecular weight is 304 g/mol. The number of nitrogens with zero attached hydrogens (tertiary/aromatic N) is 3. The molecule has 1 aliphatic rings. The fraction of sp³-hybridized carbons (Fsp3) is 0.286. The quantitative estimate of drug-likeness (QED) is 0.805. The Morgan fingerprint density at radius 3 is 2.78 bits per heavy atom. The van der Waals surface area contributed by atoms with Gasteiger partial charge in [-0.15, -0.1) is 0 Å². The summed E-state index contributed by atoms with van der Waals surface area (Å²) < 4.78 is 0.910. The predicted octanol–water partition coefficient (Wildman–Crippen LogP) is 3.63. The summed E-state index contributed by atoms with van der Waals surface area (Å²) in [6, 6.07) is 6.59. The zero-order valence-electron chi connectivity index (χ0n) is 10.2. The Morgan fingerprint density at radius 2 is 2.00 bits per heavy atom. The standard InChI is InChI=1S/C14H14BrN3/c1-10-4-5-13-11(7-10)3-2-6-18(13)14-16-8-12(15)9-17-14/h4-5,7-9H,2-3,6H2,1H3. The number of aromatic nitrogens is 2. The van der Waals surface area contributed by atoms with E-state index in [0.717, 1.165) is 29.8 Å². The number of aryl methyl sites for hydroxylation is 2. The molecule has 3 nitrogen and oxygen atoms in total. The number of benzene rings is 1. The highest BCUT2D eigenvalue weighted by molar-refractivity contribution is 9.10. The van der Waals surface area contributed by atoms with Crippen LogP contribution in [0.4, 0.5) is 11.6 Å². The molecule has 0 saturated heterocycles. The van der Waals surface area contributed by atoms with Gasteiger partial charge in [0.1, 0.15) is 0 Å². The van der Waals surface area contributed by atoms with Crippen LogP contribution in [0, 0.1) is 6.92 Å². The first-order valence-corrected chi connectivity index (χ1v) is 6.88. The summed E-state index contributed by atoms with van der Waals surface area (Å²) >= 11 is 3.37. The second kappa shape index (κ2) is 4.69. The van der Waals surface area contributed by atoms with Gasteiger partial charge in [0.15, 0.2) is 0 Å². The Labute approximate surface area is 115 Å². The lowest BCUT2D eigenvalue weighted by atomic mass is 10.00. The van der Waals surface area contributed by atoms with E-state index in [2.05, 4.69) is 55.9 Å². The minimum Gasteiger partial charge on any atom is -0.310 e. The van der Waals surface area contributed by atoms with Gasteiger partial charge in [0.05, 0.1) is 4.47 Å². The van der Waals surface area contributed by atoms with Crippen LogP contribution in [0.3, 0.4) is 0 Å². The Hall–Kier alpha value is -1.42. The molecule has 0 radical (unpaired) electrons.